The van der Waals surface area contributed by atoms with E-state index in [0.717, 1.165) is 30.6 Å². The molecule has 3 aromatic heterocycles. The summed E-state index contributed by atoms with van der Waals surface area (Å²) in [6.45, 7) is 13.9. The van der Waals surface area contributed by atoms with Gasteiger partial charge < -0.3 is 15.2 Å². The Morgan fingerprint density at radius 1 is 1.10 bits per heavy atom. The highest BCUT2D eigenvalue weighted by Crippen LogP contribution is 2.44. The van der Waals surface area contributed by atoms with Gasteiger partial charge in [0.2, 0.25) is 17.2 Å². The van der Waals surface area contributed by atoms with Crippen molar-refractivity contribution < 1.29 is 24.2 Å². The Labute approximate surface area is 307 Å². The number of carboxylic acid groups (broad SMARTS) is 1. The molecule has 15 heteroatoms. The number of esters is 1. The minimum Gasteiger partial charge on any atom is -0.478 e. The molecule has 4 rings (SSSR count). The summed E-state index contributed by atoms with van der Waals surface area (Å²) in [4.78, 5) is 45.3. The number of aromatic carboxylic acids is 1. The Balaban J connectivity index is 1.35. The molecule has 14 nitrogen and oxygen atoms in total. The van der Waals surface area contributed by atoms with E-state index < -0.39 is 11.9 Å². The number of hydrogen-bond acceptors (Lipinski definition) is 10. The maximum absolute atomic E-state index is 12.5. The van der Waals surface area contributed by atoms with Crippen molar-refractivity contribution in [3.8, 4) is 17.3 Å². The first kappa shape index (κ1) is 39.4. The van der Waals surface area contributed by atoms with Crippen molar-refractivity contribution in [2.45, 2.75) is 104 Å². The molecule has 274 valence electrons. The molecule has 3 heterocycles. The summed E-state index contributed by atoms with van der Waals surface area (Å²) in [7, 11) is 0. The van der Waals surface area contributed by atoms with Gasteiger partial charge in [-0.3, -0.25) is 14.7 Å². The van der Waals surface area contributed by atoms with Crippen LogP contribution >= 0.6 is 11.3 Å². The van der Waals surface area contributed by atoms with Gasteiger partial charge in [0.15, 0.2) is 11.5 Å². The van der Waals surface area contributed by atoms with Crippen molar-refractivity contribution in [1.29, 1.82) is 5.26 Å². The van der Waals surface area contributed by atoms with E-state index in [4.69, 9.17) is 11.3 Å². The van der Waals surface area contributed by atoms with Gasteiger partial charge in [0.1, 0.15) is 11.1 Å². The van der Waals surface area contributed by atoms with Crippen molar-refractivity contribution in [1.82, 2.24) is 25.1 Å². The van der Waals surface area contributed by atoms with Gasteiger partial charge in [0.05, 0.1) is 35.7 Å². The van der Waals surface area contributed by atoms with Crippen LogP contribution in [0, 0.1) is 24.8 Å². The van der Waals surface area contributed by atoms with Crippen molar-refractivity contribution in [3.05, 3.63) is 57.5 Å². The number of carbonyl (C=O) groups excluding carboxylic acids is 2. The number of H-pyrrole nitrogens is 1. The van der Waals surface area contributed by atoms with Gasteiger partial charge in [-0.2, -0.15) is 15.0 Å². The first-order valence-corrected chi connectivity index (χ1v) is 18.6. The predicted molar refractivity (Wildman–Crippen MR) is 197 cm³/mol. The standard InChI is InChI=1S/C37H45N9O5S/c1-5-6-7-8-9-10-11-12-13-16-21-51-30(48)20-19-29(47)40-23-24(2)34-41-35-33(42-43-36-31(39-4)25(3)28(22-38)52-36)32(44-46(35)45-34)26-17-14-15-18-27(26)37(49)50/h14-15,17-18,24,44H,5-13,16,19-21,23H2,1-3H3,(H,40,47)(H,49,50). The zero-order valence-electron chi connectivity index (χ0n) is 29.9. The molecular formula is C37H45N9O5S. The minimum atomic E-state index is -1.14. The maximum Gasteiger partial charge on any atom is 0.336 e. The van der Waals surface area contributed by atoms with Gasteiger partial charge >= 0.3 is 11.9 Å². The summed E-state index contributed by atoms with van der Waals surface area (Å²) in [5, 5.41) is 38.6. The third kappa shape index (κ3) is 10.6. The molecule has 1 atom stereocenters. The number of carboxylic acids is 1. The van der Waals surface area contributed by atoms with Gasteiger partial charge in [0.25, 0.3) is 0 Å². The van der Waals surface area contributed by atoms with E-state index in [-0.39, 0.29) is 58.8 Å². The lowest BCUT2D eigenvalue weighted by atomic mass is 10.0. The van der Waals surface area contributed by atoms with Gasteiger partial charge in [-0.05, 0) is 25.0 Å². The van der Waals surface area contributed by atoms with E-state index in [1.54, 1.807) is 25.1 Å². The van der Waals surface area contributed by atoms with Crippen LogP contribution in [-0.4, -0.2) is 55.9 Å². The monoisotopic (exact) mass is 727 g/mol. The van der Waals surface area contributed by atoms with Crippen LogP contribution in [0.4, 0.5) is 16.4 Å². The molecule has 0 bridgehead atoms. The van der Waals surface area contributed by atoms with Crippen molar-refractivity contribution in [2.24, 2.45) is 10.2 Å². The van der Waals surface area contributed by atoms with Crippen molar-refractivity contribution in [3.63, 3.8) is 0 Å². The number of rotatable bonds is 21. The summed E-state index contributed by atoms with van der Waals surface area (Å²) < 4.78 is 6.67. The molecule has 52 heavy (non-hydrogen) atoms. The summed E-state index contributed by atoms with van der Waals surface area (Å²) in [6, 6.07) is 8.44. The average molecular weight is 728 g/mol. The lowest BCUT2D eigenvalue weighted by Gasteiger charge is -2.10. The Morgan fingerprint density at radius 2 is 1.79 bits per heavy atom. The first-order chi connectivity index (χ1) is 25.2. The molecule has 1 unspecified atom stereocenters. The van der Waals surface area contributed by atoms with Crippen LogP contribution in [0.5, 0.6) is 0 Å². The third-order valence-corrected chi connectivity index (χ3v) is 9.70. The highest BCUT2D eigenvalue weighted by atomic mass is 32.1. The summed E-state index contributed by atoms with van der Waals surface area (Å²) in [6.07, 6.45) is 12.0. The number of azo groups is 1. The van der Waals surface area contributed by atoms with Crippen LogP contribution < -0.4 is 5.32 Å². The zero-order valence-corrected chi connectivity index (χ0v) is 30.7. The lowest BCUT2D eigenvalue weighted by molar-refractivity contribution is -0.145. The molecule has 3 N–H and O–H groups in total. The second kappa shape index (κ2) is 19.8. The molecular weight excluding hydrogens is 683 g/mol. The fourth-order valence-electron chi connectivity index (χ4n) is 5.61. The van der Waals surface area contributed by atoms with E-state index in [0.29, 0.717) is 34.1 Å². The van der Waals surface area contributed by atoms with E-state index in [9.17, 15) is 24.8 Å². The maximum atomic E-state index is 12.5. The fourth-order valence-corrected chi connectivity index (χ4v) is 6.48. The molecule has 0 aliphatic heterocycles. The van der Waals surface area contributed by atoms with Crippen LogP contribution in [0.2, 0.25) is 0 Å². The number of amides is 1. The van der Waals surface area contributed by atoms with E-state index in [1.165, 1.54) is 55.6 Å². The van der Waals surface area contributed by atoms with E-state index in [2.05, 4.69) is 48.6 Å². The molecule has 4 aromatic rings. The van der Waals surface area contributed by atoms with Crippen molar-refractivity contribution in [2.75, 3.05) is 13.2 Å². The number of nitriles is 1. The SMILES string of the molecule is [C-]#[N+]c1c(N=Nc2c(-c3ccccc3C(=O)O)[nH]n3nc(C(C)CNC(=O)CCC(=O)OCCCCCCCCCCCC)nc23)sc(C#N)c1C. The predicted octanol–water partition coefficient (Wildman–Crippen LogP) is 9.09. The molecule has 0 saturated heterocycles. The molecule has 0 saturated carbocycles. The van der Waals surface area contributed by atoms with Crippen molar-refractivity contribution >= 4 is 51.2 Å². The summed E-state index contributed by atoms with van der Waals surface area (Å²) in [5.74, 6) is -1.80. The van der Waals surface area contributed by atoms with Gasteiger partial charge in [-0.1, -0.05) is 89.8 Å². The summed E-state index contributed by atoms with van der Waals surface area (Å²) in [5.41, 5.74) is 1.78. The number of aromatic nitrogens is 4. The highest BCUT2D eigenvalue weighted by Gasteiger charge is 2.24. The van der Waals surface area contributed by atoms with Gasteiger partial charge in [-0.25, -0.2) is 14.6 Å². The fraction of sp³-hybridized carbons (Fsp3) is 0.486. The number of aromatic amines is 1. The van der Waals surface area contributed by atoms with Crippen LogP contribution in [0.15, 0.2) is 34.5 Å². The number of hydrogen-bond donors (Lipinski definition) is 3. The smallest absolute Gasteiger partial charge is 0.336 e. The largest absolute Gasteiger partial charge is 0.478 e. The van der Waals surface area contributed by atoms with Crippen LogP contribution in [0.25, 0.3) is 21.7 Å². The van der Waals surface area contributed by atoms with E-state index >= 15 is 0 Å². The normalized spacial score (nSPS) is 11.8. The Bertz CT molecular complexity index is 1960. The van der Waals surface area contributed by atoms with Gasteiger partial charge in [-0.15, -0.1) is 21.5 Å². The Morgan fingerprint density at radius 3 is 2.46 bits per heavy atom. The molecule has 1 amide bonds. The molecule has 1 aromatic carbocycles. The summed E-state index contributed by atoms with van der Waals surface area (Å²) >= 11 is 1.03. The average Bonchev–Trinajstić information content (AvgIpc) is 3.81. The quantitative estimate of drug-likeness (QED) is 0.0327. The number of unbranched alkanes of at least 4 members (excludes halogenated alkanes) is 9. The number of fused-ring (bicyclic) bond motifs is 1. The number of ether oxygens (including phenoxy) is 1. The molecule has 0 aliphatic carbocycles. The van der Waals surface area contributed by atoms with Gasteiger partial charge in [0, 0.05) is 24.4 Å². The lowest BCUT2D eigenvalue weighted by Crippen LogP contribution is -2.28. The minimum absolute atomic E-state index is 0.000178. The molecule has 0 spiro atoms. The number of nitrogens with zero attached hydrogens (tertiary/aromatic N) is 7. The molecule has 0 fully saturated rings. The van der Waals surface area contributed by atoms with Crippen LogP contribution in [-0.2, 0) is 14.3 Å². The number of nitrogens with one attached hydrogen (secondary N) is 2. The third-order valence-electron chi connectivity index (χ3n) is 8.63. The topological polar surface area (TPSA) is 192 Å². The second-order valence-corrected chi connectivity index (χ2v) is 13.6. The number of thiophene rings is 1. The number of carbonyl (C=O) groups is 3. The highest BCUT2D eigenvalue weighted by molar-refractivity contribution is 7.17. The second-order valence-electron chi connectivity index (χ2n) is 12.6. The zero-order chi connectivity index (χ0) is 37.5. The Kier molecular flexibility index (Phi) is 15.0. The first-order valence-electron chi connectivity index (χ1n) is 17.7. The molecule has 0 radical (unpaired) electrons. The van der Waals surface area contributed by atoms with Crippen LogP contribution in [0.3, 0.4) is 0 Å². The molecule has 0 aliphatic rings. The van der Waals surface area contributed by atoms with E-state index in [1.807, 2.05) is 6.92 Å². The Hall–Kier alpha value is -5.41. The van der Waals surface area contributed by atoms with Crippen LogP contribution in [0.1, 0.15) is 123 Å². The number of benzene rings is 1.